The fourth-order valence-corrected chi connectivity index (χ4v) is 5.23. The zero-order valence-corrected chi connectivity index (χ0v) is 37.1. The van der Waals surface area contributed by atoms with Crippen molar-refractivity contribution in [2.24, 2.45) is 0 Å². The molecule has 59 heavy (non-hydrogen) atoms. The Morgan fingerprint density at radius 1 is 0.593 bits per heavy atom. The first-order chi connectivity index (χ1) is 27.4. The first-order valence-electron chi connectivity index (χ1n) is 18.4. The molecule has 0 saturated heterocycles. The number of ether oxygens (including phenoxy) is 6. The summed E-state index contributed by atoms with van der Waals surface area (Å²) in [5.41, 5.74) is 6.81. The molecule has 0 saturated carbocycles. The van der Waals surface area contributed by atoms with Crippen LogP contribution in [0, 0.1) is 33.8 Å². The van der Waals surface area contributed by atoms with E-state index in [2.05, 4.69) is 48.2 Å². The number of unbranched alkanes of at least 4 members (excludes halogenated alkanes) is 2. The Morgan fingerprint density at radius 2 is 1.07 bits per heavy atom. The van der Waals surface area contributed by atoms with Crippen molar-refractivity contribution in [1.29, 1.82) is 0 Å². The van der Waals surface area contributed by atoms with Gasteiger partial charge in [0, 0.05) is 59.0 Å². The van der Waals surface area contributed by atoms with Crippen LogP contribution in [0.15, 0.2) is 98.1 Å². The van der Waals surface area contributed by atoms with Crippen LogP contribution in [0.3, 0.4) is 0 Å². The molecular weight excluding hydrogens is 828 g/mol. The summed E-state index contributed by atoms with van der Waals surface area (Å²) >= 11 is 0. The standard InChI is InChI=1S/C25H27O7.C21H22O4.B.Y/c1-6-22(26)30-11-7-8-12-31-23-17(3)14-20(15-18(23)4)25(28)32-21-10-9-19(13-16(21)2)24(27)29-5;1-3-20(22)24-14-4-5-15-25-21(23)19-12-10-18(11-13-19)17-8-6-16(2)7-9-17;;/h6,9,13-15H,1,7-8,11-12H2,2-5H3;3,6-13H,1,4-5,14-15H2,2H3;;/q-1;;;. The number of carbonyl (C=O) groups excluding carboxylic acids is 5. The van der Waals surface area contributed by atoms with E-state index in [1.54, 1.807) is 37.3 Å². The van der Waals surface area contributed by atoms with Crippen molar-refractivity contribution < 1.29 is 85.1 Å². The molecule has 4 rings (SSSR count). The van der Waals surface area contributed by atoms with Gasteiger partial charge in [0.2, 0.25) is 0 Å². The van der Waals surface area contributed by atoms with Crippen LogP contribution in [-0.2, 0) is 61.2 Å². The molecule has 0 aliphatic rings. The molecule has 0 N–H and O–H groups in total. The molecule has 0 spiro atoms. The van der Waals surface area contributed by atoms with E-state index < -0.39 is 23.9 Å². The normalized spacial score (nSPS) is 9.85. The van der Waals surface area contributed by atoms with Gasteiger partial charge in [0.05, 0.1) is 44.7 Å². The topological polar surface area (TPSA) is 141 Å². The Kier molecular flexibility index (Phi) is 24.0. The van der Waals surface area contributed by atoms with Crippen LogP contribution < -0.4 is 9.47 Å². The number of esters is 5. The van der Waals surface area contributed by atoms with Crippen LogP contribution in [0.2, 0.25) is 0 Å². The van der Waals surface area contributed by atoms with Crippen molar-refractivity contribution in [3.8, 4) is 22.6 Å². The Morgan fingerprint density at radius 3 is 1.56 bits per heavy atom. The Hall–Kier alpha value is -5.32. The Bertz CT molecular complexity index is 2000. The molecule has 0 bridgehead atoms. The second kappa shape index (κ2) is 27.4. The zero-order chi connectivity index (χ0) is 41.7. The summed E-state index contributed by atoms with van der Waals surface area (Å²) in [7, 11) is 1.30. The van der Waals surface area contributed by atoms with Gasteiger partial charge in [0.25, 0.3) is 5.97 Å². The second-order valence-electron chi connectivity index (χ2n) is 12.8. The third-order valence-corrected chi connectivity index (χ3v) is 8.29. The van der Waals surface area contributed by atoms with Crippen LogP contribution in [-0.4, -0.2) is 71.8 Å². The summed E-state index contributed by atoms with van der Waals surface area (Å²) in [6.45, 7) is 15.5. The number of hydrogen-bond acceptors (Lipinski definition) is 11. The summed E-state index contributed by atoms with van der Waals surface area (Å²) in [5, 5.41) is 0. The molecule has 0 aliphatic heterocycles. The Balaban J connectivity index is 0.000000586. The van der Waals surface area contributed by atoms with Gasteiger partial charge in [-0.05, 0) is 93.0 Å². The van der Waals surface area contributed by atoms with E-state index in [-0.39, 0.29) is 52.8 Å². The van der Waals surface area contributed by atoms with Crippen molar-refractivity contribution in [3.63, 3.8) is 0 Å². The van der Waals surface area contributed by atoms with E-state index in [9.17, 15) is 24.0 Å². The van der Waals surface area contributed by atoms with Gasteiger partial charge < -0.3 is 28.4 Å². The van der Waals surface area contributed by atoms with Crippen LogP contribution >= 0.6 is 0 Å². The molecule has 4 aromatic carbocycles. The maximum absolute atomic E-state index is 12.6. The van der Waals surface area contributed by atoms with Gasteiger partial charge in [-0.3, -0.25) is 4.79 Å². The number of rotatable bonds is 18. The van der Waals surface area contributed by atoms with Gasteiger partial charge in [0.15, 0.2) is 0 Å². The average Bonchev–Trinajstić information content (AvgIpc) is 3.21. The van der Waals surface area contributed by atoms with Gasteiger partial charge in [-0.1, -0.05) is 67.6 Å². The number of aryl methyl sites for hydroxylation is 4. The molecule has 0 aliphatic carbocycles. The summed E-state index contributed by atoms with van der Waals surface area (Å²) in [4.78, 5) is 58.1. The molecular formula is C46H49BO11Y-. The minimum atomic E-state index is -0.531. The van der Waals surface area contributed by atoms with E-state index in [1.165, 1.54) is 18.7 Å². The summed E-state index contributed by atoms with van der Waals surface area (Å²) in [6, 6.07) is 24.8. The summed E-state index contributed by atoms with van der Waals surface area (Å²) < 4.78 is 31.0. The monoisotopic (exact) mass is 877 g/mol. The van der Waals surface area contributed by atoms with Crippen molar-refractivity contribution in [2.75, 3.05) is 33.5 Å². The minimum Gasteiger partial charge on any atom is -0.493 e. The van der Waals surface area contributed by atoms with E-state index in [4.69, 9.17) is 23.7 Å². The first-order valence-corrected chi connectivity index (χ1v) is 18.4. The molecule has 11 nitrogen and oxygen atoms in total. The molecule has 4 aromatic rings. The predicted octanol–water partition coefficient (Wildman–Crippen LogP) is 8.25. The number of benzene rings is 4. The van der Waals surface area contributed by atoms with E-state index >= 15 is 0 Å². The summed E-state index contributed by atoms with van der Waals surface area (Å²) in [6.07, 6.45) is 4.92. The molecule has 306 valence electrons. The van der Waals surface area contributed by atoms with Crippen LogP contribution in [0.25, 0.3) is 11.1 Å². The average molecular weight is 878 g/mol. The molecule has 0 heterocycles. The zero-order valence-electron chi connectivity index (χ0n) is 34.3. The third kappa shape index (κ3) is 17.6. The van der Waals surface area contributed by atoms with Gasteiger partial charge in [0.1, 0.15) is 5.75 Å². The van der Waals surface area contributed by atoms with Crippen molar-refractivity contribution in [3.05, 3.63) is 143 Å². The molecule has 0 amide bonds. The minimum absolute atomic E-state index is 0. The van der Waals surface area contributed by atoms with Crippen molar-refractivity contribution in [2.45, 2.75) is 53.4 Å². The molecule has 0 atom stereocenters. The fourth-order valence-electron chi connectivity index (χ4n) is 5.23. The van der Waals surface area contributed by atoms with Crippen molar-refractivity contribution >= 4 is 38.3 Å². The van der Waals surface area contributed by atoms with E-state index in [0.717, 1.165) is 34.4 Å². The van der Waals surface area contributed by atoms with E-state index in [0.29, 0.717) is 80.1 Å². The third-order valence-electron chi connectivity index (χ3n) is 8.29. The van der Waals surface area contributed by atoms with Crippen molar-refractivity contribution in [1.82, 2.24) is 0 Å². The maximum atomic E-state index is 12.6. The molecule has 13 heteroatoms. The van der Waals surface area contributed by atoms with Gasteiger partial charge in [-0.15, -0.1) is 11.6 Å². The van der Waals surface area contributed by atoms with Gasteiger partial charge >= 0.3 is 23.9 Å². The van der Waals surface area contributed by atoms with Crippen LogP contribution in [0.5, 0.6) is 11.5 Å². The maximum Gasteiger partial charge on any atom is 0.341 e. The first kappa shape index (κ1) is 51.7. The largest absolute Gasteiger partial charge is 0.493 e. The number of methoxy groups -OCH3 is 1. The number of hydrogen-bond donors (Lipinski definition) is 0. The Labute approximate surface area is 373 Å². The fraction of sp³-hybridized carbons (Fsp3) is 0.283. The molecule has 0 aromatic heterocycles. The molecule has 0 unspecified atom stereocenters. The van der Waals surface area contributed by atoms with Crippen LogP contribution in [0.4, 0.5) is 0 Å². The second-order valence-corrected chi connectivity index (χ2v) is 12.8. The van der Waals surface area contributed by atoms with Gasteiger partial charge in [-0.2, -0.15) is 12.1 Å². The molecule has 4 radical (unpaired) electrons. The van der Waals surface area contributed by atoms with Crippen LogP contribution in [0.1, 0.15) is 79.0 Å². The summed E-state index contributed by atoms with van der Waals surface area (Å²) in [5.74, 6) is -1.29. The molecule has 0 fully saturated rings. The van der Waals surface area contributed by atoms with E-state index in [1.807, 2.05) is 32.9 Å². The predicted molar refractivity (Wildman–Crippen MR) is 221 cm³/mol. The van der Waals surface area contributed by atoms with Gasteiger partial charge in [-0.25, -0.2) is 19.2 Å². The quantitative estimate of drug-likeness (QED) is 0.0182. The smallest absolute Gasteiger partial charge is 0.341 e. The number of carbonyl (C=O) groups is 5. The SMILES string of the molecule is C=CC(=O)OCCCCOC(=O)c1ccc(-c2ccc(C)cc2)cc1.C=CC(=O)OCCCCOc1c(C)cc(C(=O)Oc2[c-]cc(C(=O)OC)cc2C)cc1C.[B].[Y].